The summed E-state index contributed by atoms with van der Waals surface area (Å²) < 4.78 is 5.26. The van der Waals surface area contributed by atoms with Crippen molar-refractivity contribution in [1.82, 2.24) is 15.1 Å². The minimum Gasteiger partial charge on any atom is -0.507 e. The van der Waals surface area contributed by atoms with Gasteiger partial charge in [-0.05, 0) is 36.2 Å². The van der Waals surface area contributed by atoms with Crippen LogP contribution in [-0.2, 0) is 0 Å². The molecule has 1 aliphatic heterocycles. The van der Waals surface area contributed by atoms with E-state index in [2.05, 4.69) is 10.2 Å². The van der Waals surface area contributed by atoms with Crippen molar-refractivity contribution < 1.29 is 14.6 Å². The number of methoxy groups -OCH3 is 1. The second-order valence-electron chi connectivity index (χ2n) is 6.55. The van der Waals surface area contributed by atoms with E-state index in [-0.39, 0.29) is 17.7 Å². The third kappa shape index (κ3) is 2.73. The van der Waals surface area contributed by atoms with E-state index in [9.17, 15) is 9.90 Å². The molecule has 0 radical (unpaired) electrons. The SMILES string of the molecule is CCCN1C(=O)c2[nH]nc(-c3ccccc3O)c2C1c1ccc(OC)cc1. The molecule has 1 atom stereocenters. The Balaban J connectivity index is 1.88. The lowest BCUT2D eigenvalue weighted by atomic mass is 9.95. The summed E-state index contributed by atoms with van der Waals surface area (Å²) in [5.74, 6) is 0.835. The molecule has 138 valence electrons. The molecular weight excluding hydrogens is 342 g/mol. The lowest BCUT2D eigenvalue weighted by Gasteiger charge is -2.26. The molecular formula is C21H21N3O3. The van der Waals surface area contributed by atoms with Gasteiger partial charge < -0.3 is 14.7 Å². The second kappa shape index (κ2) is 6.79. The Hall–Kier alpha value is -3.28. The van der Waals surface area contributed by atoms with Crippen LogP contribution in [0.25, 0.3) is 11.3 Å². The fourth-order valence-corrected chi connectivity index (χ4v) is 3.68. The summed E-state index contributed by atoms with van der Waals surface area (Å²) in [6.45, 7) is 2.69. The maximum absolute atomic E-state index is 13.0. The Morgan fingerprint density at radius 2 is 1.93 bits per heavy atom. The van der Waals surface area contributed by atoms with Crippen molar-refractivity contribution in [3.05, 3.63) is 65.4 Å². The van der Waals surface area contributed by atoms with Gasteiger partial charge in [0.05, 0.1) is 13.2 Å². The van der Waals surface area contributed by atoms with Crippen LogP contribution in [0.5, 0.6) is 11.5 Å². The number of aromatic hydroxyl groups is 1. The highest BCUT2D eigenvalue weighted by Crippen LogP contribution is 2.44. The van der Waals surface area contributed by atoms with E-state index in [4.69, 9.17) is 4.74 Å². The van der Waals surface area contributed by atoms with Gasteiger partial charge in [-0.3, -0.25) is 9.89 Å². The number of ether oxygens (including phenoxy) is 1. The molecule has 27 heavy (non-hydrogen) atoms. The zero-order chi connectivity index (χ0) is 19.0. The summed E-state index contributed by atoms with van der Waals surface area (Å²) in [4.78, 5) is 14.8. The number of phenolic OH excluding ortho intramolecular Hbond substituents is 1. The number of rotatable bonds is 5. The molecule has 3 aromatic rings. The third-order valence-electron chi connectivity index (χ3n) is 4.92. The largest absolute Gasteiger partial charge is 0.507 e. The molecule has 2 N–H and O–H groups in total. The summed E-state index contributed by atoms with van der Waals surface area (Å²) in [7, 11) is 1.63. The van der Waals surface area contributed by atoms with E-state index in [0.717, 1.165) is 23.3 Å². The minimum absolute atomic E-state index is 0.0677. The van der Waals surface area contributed by atoms with Crippen LogP contribution in [0.4, 0.5) is 0 Å². The molecule has 0 fully saturated rings. The Kier molecular flexibility index (Phi) is 4.32. The number of para-hydroxylation sites is 1. The van der Waals surface area contributed by atoms with E-state index < -0.39 is 0 Å². The van der Waals surface area contributed by atoms with E-state index >= 15 is 0 Å². The van der Waals surface area contributed by atoms with Crippen molar-refractivity contribution in [3.8, 4) is 22.8 Å². The van der Waals surface area contributed by atoms with Crippen molar-refractivity contribution >= 4 is 5.91 Å². The van der Waals surface area contributed by atoms with Gasteiger partial charge in [0.25, 0.3) is 5.91 Å². The molecule has 1 amide bonds. The van der Waals surface area contributed by atoms with Crippen LogP contribution in [0.2, 0.25) is 0 Å². The zero-order valence-corrected chi connectivity index (χ0v) is 15.3. The van der Waals surface area contributed by atoms with E-state index in [1.165, 1.54) is 0 Å². The smallest absolute Gasteiger partial charge is 0.273 e. The highest BCUT2D eigenvalue weighted by atomic mass is 16.5. The van der Waals surface area contributed by atoms with Crippen molar-refractivity contribution in [1.29, 1.82) is 0 Å². The summed E-state index contributed by atoms with van der Waals surface area (Å²) >= 11 is 0. The fraction of sp³-hybridized carbons (Fsp3) is 0.238. The highest BCUT2D eigenvalue weighted by Gasteiger charge is 2.42. The van der Waals surface area contributed by atoms with Crippen molar-refractivity contribution in [2.24, 2.45) is 0 Å². The lowest BCUT2D eigenvalue weighted by molar-refractivity contribution is 0.0744. The number of benzene rings is 2. The summed E-state index contributed by atoms with van der Waals surface area (Å²) in [6, 6.07) is 14.5. The number of amides is 1. The van der Waals surface area contributed by atoms with Gasteiger partial charge >= 0.3 is 0 Å². The van der Waals surface area contributed by atoms with Gasteiger partial charge in [0.15, 0.2) is 0 Å². The van der Waals surface area contributed by atoms with Crippen LogP contribution < -0.4 is 4.74 Å². The number of aromatic amines is 1. The first-order valence-corrected chi connectivity index (χ1v) is 8.97. The second-order valence-corrected chi connectivity index (χ2v) is 6.55. The van der Waals surface area contributed by atoms with E-state index in [1.807, 2.05) is 48.2 Å². The van der Waals surface area contributed by atoms with E-state index in [0.29, 0.717) is 23.5 Å². The van der Waals surface area contributed by atoms with Gasteiger partial charge in [-0.2, -0.15) is 5.10 Å². The van der Waals surface area contributed by atoms with Crippen LogP contribution in [0, 0.1) is 0 Å². The fourth-order valence-electron chi connectivity index (χ4n) is 3.68. The molecule has 1 aliphatic rings. The van der Waals surface area contributed by atoms with Gasteiger partial charge in [0, 0.05) is 17.7 Å². The number of phenols is 1. The average Bonchev–Trinajstić information content (AvgIpc) is 3.23. The maximum Gasteiger partial charge on any atom is 0.273 e. The monoisotopic (exact) mass is 363 g/mol. The Labute approximate surface area is 157 Å². The normalized spacial score (nSPS) is 15.9. The van der Waals surface area contributed by atoms with Gasteiger partial charge in [-0.1, -0.05) is 31.2 Å². The van der Waals surface area contributed by atoms with Gasteiger partial charge in [0.1, 0.15) is 22.9 Å². The number of hydrogen-bond acceptors (Lipinski definition) is 4. The quantitative estimate of drug-likeness (QED) is 0.724. The molecule has 0 spiro atoms. The Morgan fingerprint density at radius 3 is 2.59 bits per heavy atom. The van der Waals surface area contributed by atoms with Gasteiger partial charge in [0.2, 0.25) is 0 Å². The lowest BCUT2D eigenvalue weighted by Crippen LogP contribution is -2.30. The van der Waals surface area contributed by atoms with Gasteiger partial charge in [-0.25, -0.2) is 0 Å². The summed E-state index contributed by atoms with van der Waals surface area (Å²) in [6.07, 6.45) is 0.849. The predicted molar refractivity (Wildman–Crippen MR) is 102 cm³/mol. The van der Waals surface area contributed by atoms with Gasteiger partial charge in [-0.15, -0.1) is 0 Å². The number of aromatic nitrogens is 2. The van der Waals surface area contributed by atoms with E-state index in [1.54, 1.807) is 19.2 Å². The van der Waals surface area contributed by atoms with Crippen LogP contribution in [-0.4, -0.2) is 39.8 Å². The number of carbonyl (C=O) groups is 1. The summed E-state index contributed by atoms with van der Waals surface area (Å²) in [5.41, 5.74) is 3.49. The molecule has 2 aromatic carbocycles. The zero-order valence-electron chi connectivity index (χ0n) is 15.3. The molecule has 6 nitrogen and oxygen atoms in total. The minimum atomic E-state index is -0.258. The number of nitrogens with zero attached hydrogens (tertiary/aromatic N) is 2. The molecule has 6 heteroatoms. The van der Waals surface area contributed by atoms with Crippen LogP contribution in [0.15, 0.2) is 48.5 Å². The first kappa shape index (κ1) is 17.1. The van der Waals surface area contributed by atoms with Crippen LogP contribution in [0.3, 0.4) is 0 Å². The standard InChI is InChI=1S/C21H21N3O3/c1-3-12-24-20(13-8-10-14(27-2)11-9-13)17-18(22-23-19(17)21(24)26)15-6-4-5-7-16(15)25/h4-11,20,25H,3,12H2,1-2H3,(H,22,23). The number of nitrogens with one attached hydrogen (secondary N) is 1. The Bertz CT molecular complexity index is 979. The molecule has 1 unspecified atom stereocenters. The Morgan fingerprint density at radius 1 is 1.19 bits per heavy atom. The number of hydrogen-bond donors (Lipinski definition) is 2. The topological polar surface area (TPSA) is 78.5 Å². The van der Waals surface area contributed by atoms with Crippen molar-refractivity contribution in [2.75, 3.05) is 13.7 Å². The van der Waals surface area contributed by atoms with Crippen LogP contribution in [0.1, 0.15) is 41.0 Å². The average molecular weight is 363 g/mol. The summed E-state index contributed by atoms with van der Waals surface area (Å²) in [5, 5.41) is 17.6. The molecule has 0 saturated carbocycles. The molecule has 0 aliphatic carbocycles. The molecule has 4 rings (SSSR count). The third-order valence-corrected chi connectivity index (χ3v) is 4.92. The van der Waals surface area contributed by atoms with Crippen molar-refractivity contribution in [3.63, 3.8) is 0 Å². The number of H-pyrrole nitrogens is 1. The maximum atomic E-state index is 13.0. The molecule has 2 heterocycles. The first-order chi connectivity index (χ1) is 13.2. The molecule has 1 aromatic heterocycles. The number of fused-ring (bicyclic) bond motifs is 1. The molecule has 0 bridgehead atoms. The van der Waals surface area contributed by atoms with Crippen LogP contribution >= 0.6 is 0 Å². The highest BCUT2D eigenvalue weighted by molar-refractivity contribution is 6.00. The first-order valence-electron chi connectivity index (χ1n) is 8.97. The predicted octanol–water partition coefficient (Wildman–Crippen LogP) is 3.75. The van der Waals surface area contributed by atoms with Crippen molar-refractivity contribution in [2.45, 2.75) is 19.4 Å². The molecule has 0 saturated heterocycles. The number of carbonyl (C=O) groups excluding carboxylic acids is 1.